The average Bonchev–Trinajstić information content (AvgIpc) is 3.26. The number of rotatable bonds is 6. The molecular weight excluding hydrogens is 573 g/mol. The van der Waals surface area contributed by atoms with Gasteiger partial charge < -0.3 is 5.32 Å². The second-order valence-corrected chi connectivity index (χ2v) is 12.0. The van der Waals surface area contributed by atoms with Gasteiger partial charge in [-0.3, -0.25) is 18.8 Å². The monoisotopic (exact) mass is 597 g/mol. The zero-order valence-corrected chi connectivity index (χ0v) is 24.2. The van der Waals surface area contributed by atoms with Gasteiger partial charge in [-0.1, -0.05) is 17.7 Å². The molecule has 212 valence electrons. The molecule has 0 aliphatic rings. The Kier molecular flexibility index (Phi) is 7.03. The smallest absolute Gasteiger partial charge is 0.285 e. The number of sulfonamides is 1. The number of hydrogen-bond donors (Lipinski definition) is 2. The standard InChI is InChI=1S/C27H25ClFN7O4S/c1-13-8-17(14(2)30-20-6-7-21(28)31-24(20)26(37)34-41(5,39)40)23-18(9-13)27(38)36(4)25(32-23)15-10-16-12-35(3)33-22(16)19(29)11-15/h6-12,14,30H,1-5H3,(H,34,37)/t14-/m1/s1. The Morgan fingerprint density at radius 2 is 1.83 bits per heavy atom. The molecule has 0 aliphatic heterocycles. The number of benzene rings is 2. The van der Waals surface area contributed by atoms with Crippen molar-refractivity contribution in [2.24, 2.45) is 14.1 Å². The lowest BCUT2D eigenvalue weighted by Gasteiger charge is -2.20. The predicted octanol–water partition coefficient (Wildman–Crippen LogP) is 3.85. The van der Waals surface area contributed by atoms with Crippen LogP contribution in [0, 0.1) is 12.7 Å². The van der Waals surface area contributed by atoms with Crippen LogP contribution in [-0.4, -0.2) is 44.9 Å². The third kappa shape index (κ3) is 5.50. The molecule has 14 heteroatoms. The fourth-order valence-electron chi connectivity index (χ4n) is 4.73. The minimum absolute atomic E-state index is 0.00418. The lowest BCUT2D eigenvalue weighted by molar-refractivity contribution is 0.0977. The van der Waals surface area contributed by atoms with E-state index in [1.165, 1.54) is 27.4 Å². The second-order valence-electron chi connectivity index (χ2n) is 9.85. The van der Waals surface area contributed by atoms with Crippen molar-refractivity contribution in [3.8, 4) is 11.4 Å². The SMILES string of the molecule is Cc1cc([C@@H](C)Nc2ccc(Cl)nc2C(=O)NS(C)(=O)=O)c2nc(-c3cc(F)c4nn(C)cc4c3)n(C)c(=O)c2c1. The van der Waals surface area contributed by atoms with Crippen molar-refractivity contribution in [2.45, 2.75) is 19.9 Å². The molecule has 0 bridgehead atoms. The number of carbonyl (C=O) groups is 1. The van der Waals surface area contributed by atoms with Gasteiger partial charge in [0.1, 0.15) is 16.5 Å². The molecule has 11 nitrogen and oxygen atoms in total. The Hall–Kier alpha value is -4.36. The van der Waals surface area contributed by atoms with Gasteiger partial charge in [-0.05, 0) is 49.7 Å². The normalized spacial score (nSPS) is 12.6. The number of halogens is 2. The van der Waals surface area contributed by atoms with E-state index in [0.29, 0.717) is 27.4 Å². The maximum Gasteiger partial charge on any atom is 0.285 e. The Balaban J connectivity index is 1.64. The van der Waals surface area contributed by atoms with Gasteiger partial charge in [0.25, 0.3) is 11.5 Å². The summed E-state index contributed by atoms with van der Waals surface area (Å²) in [6.07, 6.45) is 2.53. The van der Waals surface area contributed by atoms with Crippen molar-refractivity contribution in [3.05, 3.63) is 80.7 Å². The van der Waals surface area contributed by atoms with Crippen molar-refractivity contribution < 1.29 is 17.6 Å². The van der Waals surface area contributed by atoms with Crippen LogP contribution in [0.25, 0.3) is 33.2 Å². The summed E-state index contributed by atoms with van der Waals surface area (Å²) in [6, 6.07) is 9.01. The molecule has 0 radical (unpaired) electrons. The van der Waals surface area contributed by atoms with E-state index in [9.17, 15) is 22.4 Å². The zero-order valence-electron chi connectivity index (χ0n) is 22.7. The largest absolute Gasteiger partial charge is 0.377 e. The Labute approximate surface area is 239 Å². The number of anilines is 1. The summed E-state index contributed by atoms with van der Waals surface area (Å²) in [6.45, 7) is 3.63. The van der Waals surface area contributed by atoms with E-state index in [0.717, 1.165) is 11.8 Å². The fraction of sp³-hybridized carbons (Fsp3) is 0.222. The van der Waals surface area contributed by atoms with Crippen molar-refractivity contribution in [1.29, 1.82) is 0 Å². The van der Waals surface area contributed by atoms with E-state index in [1.807, 2.05) is 17.7 Å². The summed E-state index contributed by atoms with van der Waals surface area (Å²) in [5, 5.41) is 8.22. The molecule has 2 aromatic carbocycles. The van der Waals surface area contributed by atoms with Crippen LogP contribution >= 0.6 is 11.6 Å². The third-order valence-corrected chi connectivity index (χ3v) is 7.25. The first-order valence-electron chi connectivity index (χ1n) is 12.3. The molecule has 3 aromatic heterocycles. The molecular formula is C27H25ClFN7O4S. The van der Waals surface area contributed by atoms with Crippen molar-refractivity contribution >= 4 is 55.0 Å². The number of nitrogens with one attached hydrogen (secondary N) is 2. The second kappa shape index (κ2) is 10.2. The molecule has 0 fully saturated rings. The number of amides is 1. The van der Waals surface area contributed by atoms with Crippen molar-refractivity contribution in [3.63, 3.8) is 0 Å². The Morgan fingerprint density at radius 1 is 1.10 bits per heavy atom. The number of hydrogen-bond acceptors (Lipinski definition) is 8. The molecule has 0 unspecified atom stereocenters. The molecule has 3 heterocycles. The molecule has 0 saturated heterocycles. The third-order valence-electron chi connectivity index (χ3n) is 6.48. The van der Waals surface area contributed by atoms with Crippen LogP contribution in [-0.2, 0) is 24.1 Å². The average molecular weight is 598 g/mol. The fourth-order valence-corrected chi connectivity index (χ4v) is 5.32. The van der Waals surface area contributed by atoms with Gasteiger partial charge in [0, 0.05) is 36.8 Å². The van der Waals surface area contributed by atoms with Crippen molar-refractivity contribution in [1.82, 2.24) is 29.0 Å². The summed E-state index contributed by atoms with van der Waals surface area (Å²) in [5.41, 5.74) is 2.06. The van der Waals surface area contributed by atoms with E-state index in [-0.39, 0.29) is 33.4 Å². The number of pyridine rings is 1. The minimum atomic E-state index is -3.86. The highest BCUT2D eigenvalue weighted by Crippen LogP contribution is 2.31. The molecule has 5 aromatic rings. The first-order chi connectivity index (χ1) is 19.2. The van der Waals surface area contributed by atoms with Crippen molar-refractivity contribution in [2.75, 3.05) is 11.6 Å². The van der Waals surface area contributed by atoms with E-state index in [1.54, 1.807) is 39.3 Å². The van der Waals surface area contributed by atoms with Gasteiger partial charge in [0.2, 0.25) is 10.0 Å². The number of nitrogens with zero attached hydrogens (tertiary/aromatic N) is 5. The molecule has 2 N–H and O–H groups in total. The van der Waals surface area contributed by atoms with E-state index in [2.05, 4.69) is 15.4 Å². The summed E-state index contributed by atoms with van der Waals surface area (Å²) < 4.78 is 43.0. The number of fused-ring (bicyclic) bond motifs is 2. The van der Waals surface area contributed by atoms with Crippen LogP contribution in [0.1, 0.15) is 34.6 Å². The zero-order chi connectivity index (χ0) is 29.8. The van der Waals surface area contributed by atoms with Crippen LogP contribution in [0.5, 0.6) is 0 Å². The van der Waals surface area contributed by atoms with E-state index < -0.39 is 27.8 Å². The molecule has 0 spiro atoms. The highest BCUT2D eigenvalue weighted by atomic mass is 35.5. The molecule has 0 aliphatic carbocycles. The molecule has 5 rings (SSSR count). The van der Waals surface area contributed by atoms with Crippen LogP contribution < -0.4 is 15.6 Å². The highest BCUT2D eigenvalue weighted by molar-refractivity contribution is 7.89. The molecule has 41 heavy (non-hydrogen) atoms. The van der Waals surface area contributed by atoms with E-state index in [4.69, 9.17) is 16.6 Å². The quantitative estimate of drug-likeness (QED) is 0.281. The van der Waals surface area contributed by atoms with Gasteiger partial charge in [-0.25, -0.2) is 27.5 Å². The van der Waals surface area contributed by atoms with Gasteiger partial charge >= 0.3 is 0 Å². The Morgan fingerprint density at radius 3 is 2.54 bits per heavy atom. The Bertz CT molecular complexity index is 2060. The first kappa shape index (κ1) is 28.2. The predicted molar refractivity (Wildman–Crippen MR) is 155 cm³/mol. The molecule has 1 amide bonds. The van der Waals surface area contributed by atoms with Crippen LogP contribution in [0.3, 0.4) is 0 Å². The number of carbonyl (C=O) groups excluding carboxylic acids is 1. The minimum Gasteiger partial charge on any atom is -0.377 e. The van der Waals surface area contributed by atoms with E-state index >= 15 is 0 Å². The van der Waals surface area contributed by atoms with Gasteiger partial charge in [-0.2, -0.15) is 5.10 Å². The molecule has 0 saturated carbocycles. The van der Waals surface area contributed by atoms with Gasteiger partial charge in [0.05, 0.1) is 28.9 Å². The van der Waals surface area contributed by atoms with Crippen LogP contribution in [0.15, 0.2) is 47.4 Å². The van der Waals surface area contributed by atoms with Crippen LogP contribution in [0.4, 0.5) is 10.1 Å². The maximum atomic E-state index is 14.9. The topological polar surface area (TPSA) is 141 Å². The lowest BCUT2D eigenvalue weighted by atomic mass is 10.0. The maximum absolute atomic E-state index is 14.9. The highest BCUT2D eigenvalue weighted by Gasteiger charge is 2.22. The summed E-state index contributed by atoms with van der Waals surface area (Å²) in [5.74, 6) is -1.24. The van der Waals surface area contributed by atoms with Crippen LogP contribution in [0.2, 0.25) is 5.15 Å². The number of aromatic nitrogens is 5. The number of aryl methyl sites for hydroxylation is 2. The van der Waals surface area contributed by atoms with Gasteiger partial charge in [-0.15, -0.1) is 0 Å². The first-order valence-corrected chi connectivity index (χ1v) is 14.6. The molecule has 1 atom stereocenters. The summed E-state index contributed by atoms with van der Waals surface area (Å²) in [4.78, 5) is 35.0. The summed E-state index contributed by atoms with van der Waals surface area (Å²) >= 11 is 5.99. The lowest BCUT2D eigenvalue weighted by Crippen LogP contribution is -2.31. The van der Waals surface area contributed by atoms with Gasteiger partial charge in [0.15, 0.2) is 11.5 Å². The summed E-state index contributed by atoms with van der Waals surface area (Å²) in [7, 11) is -0.594.